The van der Waals surface area contributed by atoms with Crippen LogP contribution in [0.4, 0.5) is 0 Å². The normalized spacial score (nSPS) is 14.3. The fourth-order valence-electron chi connectivity index (χ4n) is 13.1. The van der Waals surface area contributed by atoms with E-state index >= 15 is 0 Å². The maximum atomic E-state index is 13.1. The van der Waals surface area contributed by atoms with Gasteiger partial charge in [0.05, 0.1) is 89.2 Å². The monoisotopic (exact) mass is 1670 g/mol. The predicted octanol–water partition coefficient (Wildman–Crippen LogP) is 9.17. The fourth-order valence-corrected chi connectivity index (χ4v) is 15.3. The van der Waals surface area contributed by atoms with Crippen molar-refractivity contribution in [1.29, 1.82) is 0 Å². The van der Waals surface area contributed by atoms with Gasteiger partial charge in [0.1, 0.15) is 65.6 Å². The minimum Gasteiger partial charge on any atom is -0.508 e. The van der Waals surface area contributed by atoms with Crippen molar-refractivity contribution in [3.8, 4) is 34.3 Å². The molecule has 9 aromatic rings. The summed E-state index contributed by atoms with van der Waals surface area (Å²) in [6.45, 7) is 12.2. The number of aromatic nitrogens is 6. The molecular formula is C78H79Cl6KN12O15. The van der Waals surface area contributed by atoms with Gasteiger partial charge in [0, 0.05) is 86.4 Å². The Morgan fingerprint density at radius 1 is 0.536 bits per heavy atom. The van der Waals surface area contributed by atoms with Gasteiger partial charge in [0.15, 0.2) is 0 Å². The number of benzene rings is 6. The van der Waals surface area contributed by atoms with Crippen LogP contribution in [0.25, 0.3) is 17.1 Å². The molecule has 13 rings (SSSR count). The van der Waals surface area contributed by atoms with E-state index in [9.17, 15) is 48.3 Å². The molecule has 1 fully saturated rings. The first-order valence-electron chi connectivity index (χ1n) is 34.2. The van der Waals surface area contributed by atoms with E-state index in [1.807, 2.05) is 77.9 Å². The van der Waals surface area contributed by atoms with Gasteiger partial charge in [-0.2, -0.15) is 15.3 Å². The molecule has 7 amide bonds. The van der Waals surface area contributed by atoms with Crippen molar-refractivity contribution in [1.82, 2.24) is 49.4 Å². The van der Waals surface area contributed by atoms with Crippen LogP contribution in [0.5, 0.6) is 17.2 Å². The zero-order valence-corrected chi connectivity index (χ0v) is 70.4. The zero-order valence-electron chi connectivity index (χ0n) is 62.8. The number of aliphatic hydroxyl groups is 1. The van der Waals surface area contributed by atoms with E-state index in [2.05, 4.69) is 30.1 Å². The molecule has 4 aliphatic rings. The van der Waals surface area contributed by atoms with Gasteiger partial charge in [-0.25, -0.2) is 14.0 Å². The Bertz CT molecular complexity index is 5080. The van der Waals surface area contributed by atoms with Crippen LogP contribution in [0.3, 0.4) is 0 Å². The molecule has 0 aliphatic carbocycles. The number of primary amides is 2. The third kappa shape index (κ3) is 19.6. The average Bonchev–Trinajstić information content (AvgIpc) is 1.63. The average molecular weight is 1680 g/mol. The summed E-state index contributed by atoms with van der Waals surface area (Å²) in [7, 11) is 2.51. The van der Waals surface area contributed by atoms with Crippen LogP contribution in [0, 0.1) is 49.0 Å². The van der Waals surface area contributed by atoms with Gasteiger partial charge in [-0.15, -0.1) is 0 Å². The summed E-state index contributed by atoms with van der Waals surface area (Å²) in [6, 6.07) is 23.5. The van der Waals surface area contributed by atoms with Gasteiger partial charge in [0.25, 0.3) is 17.7 Å². The van der Waals surface area contributed by atoms with Crippen molar-refractivity contribution >= 4 is 123 Å². The number of aliphatic hydroxyl groups excluding tert-OH is 1. The van der Waals surface area contributed by atoms with Gasteiger partial charge in [-0.05, 0) is 150 Å². The van der Waals surface area contributed by atoms with E-state index in [1.54, 1.807) is 81.2 Å². The summed E-state index contributed by atoms with van der Waals surface area (Å²) in [5, 5.41) is 37.4. The summed E-state index contributed by atoms with van der Waals surface area (Å²) < 4.78 is 26.4. The number of hydrogen-bond donors (Lipinski definition) is 5. The van der Waals surface area contributed by atoms with E-state index in [1.165, 1.54) is 35.0 Å². The minimum absolute atomic E-state index is 0. The number of aromatic hydroxyl groups is 1. The molecule has 6 aromatic carbocycles. The minimum atomic E-state index is -0.948. The van der Waals surface area contributed by atoms with Gasteiger partial charge in [-0.3, -0.25) is 48.5 Å². The number of aryl methyl sites for hydroxylation is 3. The largest absolute Gasteiger partial charge is 1.00 e. The molecule has 4 aliphatic heterocycles. The number of carbonyl (C=O) groups is 9. The van der Waals surface area contributed by atoms with Crippen molar-refractivity contribution < 1.29 is 124 Å². The summed E-state index contributed by atoms with van der Waals surface area (Å²) in [4.78, 5) is 113. The van der Waals surface area contributed by atoms with E-state index in [-0.39, 0.29) is 160 Å². The Morgan fingerprint density at radius 3 is 1.26 bits per heavy atom. The molecule has 34 heteroatoms. The summed E-state index contributed by atoms with van der Waals surface area (Å²) in [5.74, 6) is -3.01. The van der Waals surface area contributed by atoms with Crippen LogP contribution in [-0.4, -0.2) is 140 Å². The molecule has 584 valence electrons. The number of rotatable bonds is 21. The Balaban J connectivity index is 0.000000195. The molecule has 7 heterocycles. The molecule has 7 N–H and O–H groups in total. The second-order valence-electron chi connectivity index (χ2n) is 26.2. The van der Waals surface area contributed by atoms with Gasteiger partial charge >= 0.3 is 63.3 Å². The number of phenolic OH excluding ortho intramolecular Hbond substituents is 1. The second-order valence-corrected chi connectivity index (χ2v) is 28.6. The van der Waals surface area contributed by atoms with E-state index in [0.29, 0.717) is 92.9 Å². The number of esters is 2. The molecule has 27 nitrogen and oxygen atoms in total. The van der Waals surface area contributed by atoms with Crippen molar-refractivity contribution in [2.75, 3.05) is 14.2 Å². The smallest absolute Gasteiger partial charge is 0.508 e. The molecule has 0 bridgehead atoms. The summed E-state index contributed by atoms with van der Waals surface area (Å²) in [6.07, 6.45) is 5.61. The predicted molar refractivity (Wildman–Crippen MR) is 415 cm³/mol. The Labute approximate surface area is 718 Å². The van der Waals surface area contributed by atoms with Crippen molar-refractivity contribution in [2.45, 2.75) is 138 Å². The van der Waals surface area contributed by atoms with E-state index in [0.717, 1.165) is 56.0 Å². The molecule has 3 unspecified atom stereocenters. The van der Waals surface area contributed by atoms with Crippen LogP contribution < -0.4 is 77.6 Å². The first kappa shape index (κ1) is 88.7. The molecule has 0 spiro atoms. The van der Waals surface area contributed by atoms with Crippen molar-refractivity contribution in [3.63, 3.8) is 0 Å². The second kappa shape index (κ2) is 38.8. The number of nitrogens with one attached hydrogen (secondary N) is 1. The number of fused-ring (bicyclic) bond motifs is 3. The molecule has 0 saturated carbocycles. The van der Waals surface area contributed by atoms with E-state index < -0.39 is 47.8 Å². The van der Waals surface area contributed by atoms with Gasteiger partial charge in [-0.1, -0.05) is 87.8 Å². The topological polar surface area (TPSA) is 358 Å². The molecule has 3 atom stereocenters. The fraction of sp³-hybridized carbons (Fsp3) is 0.295. The Kier molecular flexibility index (Phi) is 30.7. The number of imide groups is 1. The number of phenols is 1. The maximum absolute atomic E-state index is 13.1. The van der Waals surface area contributed by atoms with Crippen LogP contribution in [0.15, 0.2) is 110 Å². The first-order valence-corrected chi connectivity index (χ1v) is 36.5. The third-order valence-corrected chi connectivity index (χ3v) is 20.7. The Hall–Kier alpha value is -8.88. The third-order valence-electron chi connectivity index (χ3n) is 19.0. The zero-order chi connectivity index (χ0) is 79.9. The summed E-state index contributed by atoms with van der Waals surface area (Å²) in [5.41, 5.74) is 23.6. The molecule has 112 heavy (non-hydrogen) atoms. The molecule has 3 aromatic heterocycles. The number of methoxy groups -OCH3 is 2. The number of amides is 7. The van der Waals surface area contributed by atoms with Crippen molar-refractivity contribution in [3.05, 3.63) is 231 Å². The van der Waals surface area contributed by atoms with Crippen LogP contribution >= 0.6 is 69.6 Å². The number of piperidine rings is 1. The molecule has 1 saturated heterocycles. The van der Waals surface area contributed by atoms with Crippen LogP contribution in [0.2, 0.25) is 30.1 Å². The first-order chi connectivity index (χ1) is 52.3. The molecule has 0 radical (unpaired) electrons. The molecular weight excluding hydrogens is 1600 g/mol. The van der Waals surface area contributed by atoms with Gasteiger partial charge < -0.3 is 62.8 Å². The van der Waals surface area contributed by atoms with Gasteiger partial charge in [0.2, 0.25) is 23.6 Å². The van der Waals surface area contributed by atoms with E-state index in [4.69, 9.17) is 95.7 Å². The summed E-state index contributed by atoms with van der Waals surface area (Å²) >= 11 is 38.1. The van der Waals surface area contributed by atoms with Crippen molar-refractivity contribution in [2.24, 2.45) is 11.5 Å². The van der Waals surface area contributed by atoms with Crippen LogP contribution in [-0.2, 0) is 77.7 Å². The maximum Gasteiger partial charge on any atom is 1.00 e. The number of carbonyl (C=O) groups excluding carboxylic acids is 9. The number of hydrogen-bond acceptors (Lipinski definition) is 18. The van der Waals surface area contributed by atoms with Crippen LogP contribution in [0.1, 0.15) is 137 Å². The number of nitrogens with zero attached hydrogens (tertiary/aromatic N) is 9. The standard InChI is InChI=1S/C26H26Cl2N4O5.C25H22Cl2N4O4.C14H16N2O5.C12H12Cl2N2O.CH3.K/c1-14-9-19(27)24(20(28)10-14)32-15(2)16(11-30-32)13-37-22-6-4-5-17-18(22)12-31(26(17)35)21(25(29)34)7-8-23(33)36-3;1-13-8-18(26)23(19(27)9-13)31-14(2)15(10-28-31)12-35-21-5-3-4-16-17(21)11-30(25(16)34)20-6-7-22(32)29-24(20)33;1-21-12(18)6-5-10(13(15)19)16-7-9-8(14(16)20)3-2-4-11(9)17;1-7-3-10(13)12(11(14)4-7)16-8(2)9(6-17)5-15-16;;/h4-6,9-11,21H,7-8,12-13H2,1-3H3,(H2,29,34);3-5,8-10,20H,6-7,11-12H2,1-2H3,(H,29,32,33);2-4,10,17H,5-7H2,1H3,(H2,15,19);3-5,17H,6H2,1-2H3;1H3;/q;;;;-1;+1. The Morgan fingerprint density at radius 2 is 0.893 bits per heavy atom. The quantitative estimate of drug-likeness (QED) is 0.0194. The SMILES string of the molecule is COC(=O)CCC(C(N)=O)N1Cc2c(O)cccc2C1=O.COC(=O)CCC(C(N)=O)N1Cc2c(OCc3cnn(-c4c(Cl)cc(C)cc4Cl)c3C)cccc2C1=O.Cc1cc(Cl)c(-n2ncc(CO)c2C)c(Cl)c1.Cc1cc(Cl)c(-n2ncc(COc3cccc4c3CN(C3CCC(=O)NC3=O)C4=O)c2C)c(Cl)c1.[CH3-].[K+]. The number of halogens is 6. The number of ether oxygens (including phenoxy) is 4. The number of nitrogens with two attached hydrogens (primary N) is 2.